The fraction of sp³-hybridized carbons (Fsp3) is 0.650. The lowest BCUT2D eigenvalue weighted by Gasteiger charge is -2.20. The highest BCUT2D eigenvalue weighted by molar-refractivity contribution is 5.70. The molecule has 140 valence electrons. The summed E-state index contributed by atoms with van der Waals surface area (Å²) < 4.78 is 21.7. The average molecular weight is 350 g/mol. The van der Waals surface area contributed by atoms with Crippen LogP contribution in [0.2, 0.25) is 0 Å². The zero-order valence-electron chi connectivity index (χ0n) is 15.6. The van der Waals surface area contributed by atoms with Gasteiger partial charge in [-0.15, -0.1) is 0 Å². The van der Waals surface area contributed by atoms with Crippen molar-refractivity contribution in [1.29, 1.82) is 0 Å². The second-order valence-electron chi connectivity index (χ2n) is 6.49. The standard InChI is InChI=1S/C20H30O5/c1-22-17-13-15(14-18(23-2)20(17)24-3)11-12-19(21)25-16-9-7-5-4-6-8-10-16/h13-14,16H,4-12H2,1-3H3. The zero-order chi connectivity index (χ0) is 18.1. The van der Waals surface area contributed by atoms with Gasteiger partial charge in [0, 0.05) is 6.42 Å². The van der Waals surface area contributed by atoms with Gasteiger partial charge in [0.1, 0.15) is 6.10 Å². The molecule has 0 amide bonds. The highest BCUT2D eigenvalue weighted by Gasteiger charge is 2.17. The maximum atomic E-state index is 12.2. The molecule has 1 saturated carbocycles. The lowest BCUT2D eigenvalue weighted by Crippen LogP contribution is -2.19. The summed E-state index contributed by atoms with van der Waals surface area (Å²) >= 11 is 0. The van der Waals surface area contributed by atoms with Crippen molar-refractivity contribution in [2.45, 2.75) is 63.9 Å². The number of hydrogen-bond acceptors (Lipinski definition) is 5. The van der Waals surface area contributed by atoms with Gasteiger partial charge in [0.2, 0.25) is 5.75 Å². The SMILES string of the molecule is COc1cc(CCC(=O)OC2CCCCCCC2)cc(OC)c1OC. The van der Waals surface area contributed by atoms with Gasteiger partial charge in [0.15, 0.2) is 11.5 Å². The van der Waals surface area contributed by atoms with E-state index in [1.54, 1.807) is 21.3 Å². The summed E-state index contributed by atoms with van der Waals surface area (Å²) in [5.41, 5.74) is 0.962. The van der Waals surface area contributed by atoms with Crippen LogP contribution in [0.1, 0.15) is 56.9 Å². The number of hydrogen-bond donors (Lipinski definition) is 0. The van der Waals surface area contributed by atoms with Gasteiger partial charge in [-0.25, -0.2) is 0 Å². The molecule has 0 heterocycles. The summed E-state index contributed by atoms with van der Waals surface area (Å²) in [7, 11) is 4.75. The molecule has 2 rings (SSSR count). The van der Waals surface area contributed by atoms with Crippen LogP contribution in [0, 0.1) is 0 Å². The quantitative estimate of drug-likeness (QED) is 0.686. The molecular formula is C20H30O5. The fourth-order valence-corrected chi connectivity index (χ4v) is 3.31. The van der Waals surface area contributed by atoms with Crippen molar-refractivity contribution in [2.24, 2.45) is 0 Å². The second-order valence-corrected chi connectivity index (χ2v) is 6.49. The van der Waals surface area contributed by atoms with E-state index in [2.05, 4.69) is 0 Å². The zero-order valence-corrected chi connectivity index (χ0v) is 15.6. The van der Waals surface area contributed by atoms with Crippen LogP contribution in [0.25, 0.3) is 0 Å². The first-order valence-corrected chi connectivity index (χ1v) is 9.16. The Morgan fingerprint density at radius 2 is 1.48 bits per heavy atom. The van der Waals surface area contributed by atoms with Crippen LogP contribution in [0.5, 0.6) is 17.2 Å². The average Bonchev–Trinajstić information content (AvgIpc) is 2.61. The number of methoxy groups -OCH3 is 3. The molecule has 1 aliphatic carbocycles. The molecule has 0 atom stereocenters. The van der Waals surface area contributed by atoms with Gasteiger partial charge in [-0.1, -0.05) is 19.3 Å². The van der Waals surface area contributed by atoms with Crippen LogP contribution in [0.3, 0.4) is 0 Å². The summed E-state index contributed by atoms with van der Waals surface area (Å²) in [5.74, 6) is 1.64. The minimum absolute atomic E-state index is 0.0905. The minimum atomic E-state index is -0.126. The first kappa shape index (κ1) is 19.4. The third kappa shape index (κ3) is 5.83. The van der Waals surface area contributed by atoms with Gasteiger partial charge in [-0.3, -0.25) is 4.79 Å². The topological polar surface area (TPSA) is 54.0 Å². The molecule has 1 aromatic rings. The molecular weight excluding hydrogens is 320 g/mol. The molecule has 0 N–H and O–H groups in total. The molecule has 0 saturated heterocycles. The number of esters is 1. The predicted molar refractivity (Wildman–Crippen MR) is 96.6 cm³/mol. The van der Waals surface area contributed by atoms with E-state index >= 15 is 0 Å². The lowest BCUT2D eigenvalue weighted by atomic mass is 9.98. The first-order chi connectivity index (χ1) is 12.2. The van der Waals surface area contributed by atoms with Crippen molar-refractivity contribution in [2.75, 3.05) is 21.3 Å². The van der Waals surface area contributed by atoms with Gasteiger partial charge < -0.3 is 18.9 Å². The number of ether oxygens (including phenoxy) is 4. The van der Waals surface area contributed by atoms with E-state index in [1.807, 2.05) is 12.1 Å². The maximum Gasteiger partial charge on any atom is 0.306 e. The summed E-state index contributed by atoms with van der Waals surface area (Å²) in [6.07, 6.45) is 9.15. The van der Waals surface area contributed by atoms with Crippen molar-refractivity contribution in [1.82, 2.24) is 0 Å². The Hall–Kier alpha value is -1.91. The van der Waals surface area contributed by atoms with Crippen molar-refractivity contribution < 1.29 is 23.7 Å². The van der Waals surface area contributed by atoms with E-state index < -0.39 is 0 Å². The fourth-order valence-electron chi connectivity index (χ4n) is 3.31. The monoisotopic (exact) mass is 350 g/mol. The van der Waals surface area contributed by atoms with E-state index in [-0.39, 0.29) is 12.1 Å². The molecule has 0 unspecified atom stereocenters. The van der Waals surface area contributed by atoms with E-state index in [1.165, 1.54) is 19.3 Å². The van der Waals surface area contributed by atoms with Gasteiger partial charge >= 0.3 is 5.97 Å². The van der Waals surface area contributed by atoms with Crippen LogP contribution in [-0.2, 0) is 16.0 Å². The van der Waals surface area contributed by atoms with Crippen molar-refractivity contribution in [3.63, 3.8) is 0 Å². The largest absolute Gasteiger partial charge is 0.493 e. The Kier molecular flexibility index (Phi) is 7.89. The molecule has 1 aliphatic rings. The third-order valence-electron chi connectivity index (χ3n) is 4.69. The van der Waals surface area contributed by atoms with Gasteiger partial charge in [-0.05, 0) is 49.8 Å². The third-order valence-corrected chi connectivity index (χ3v) is 4.69. The Bertz CT molecular complexity index is 522. The van der Waals surface area contributed by atoms with Crippen LogP contribution in [0.15, 0.2) is 12.1 Å². The normalized spacial score (nSPS) is 15.8. The summed E-state index contributed by atoms with van der Waals surface area (Å²) in [5, 5.41) is 0. The van der Waals surface area contributed by atoms with Crippen molar-refractivity contribution >= 4 is 5.97 Å². The molecule has 1 fully saturated rings. The highest BCUT2D eigenvalue weighted by Crippen LogP contribution is 2.38. The molecule has 0 aliphatic heterocycles. The Labute approximate surface area is 150 Å². The van der Waals surface area contributed by atoms with E-state index in [0.717, 1.165) is 31.2 Å². The molecule has 0 bridgehead atoms. The van der Waals surface area contributed by atoms with E-state index in [0.29, 0.717) is 30.1 Å². The number of rotatable bonds is 7. The van der Waals surface area contributed by atoms with Gasteiger partial charge in [0.05, 0.1) is 21.3 Å². The predicted octanol–water partition coefficient (Wildman–Crippen LogP) is 4.30. The molecule has 5 heteroatoms. The van der Waals surface area contributed by atoms with Crippen molar-refractivity contribution in [3.8, 4) is 17.2 Å². The van der Waals surface area contributed by atoms with Gasteiger partial charge in [0.25, 0.3) is 0 Å². The summed E-state index contributed by atoms with van der Waals surface area (Å²) in [4.78, 5) is 12.2. The molecule has 5 nitrogen and oxygen atoms in total. The second kappa shape index (κ2) is 10.2. The first-order valence-electron chi connectivity index (χ1n) is 9.16. The molecule has 1 aromatic carbocycles. The van der Waals surface area contributed by atoms with E-state index in [4.69, 9.17) is 18.9 Å². The Morgan fingerprint density at radius 3 is 2.00 bits per heavy atom. The van der Waals surface area contributed by atoms with E-state index in [9.17, 15) is 4.79 Å². The minimum Gasteiger partial charge on any atom is -0.493 e. The van der Waals surface area contributed by atoms with Crippen LogP contribution in [0.4, 0.5) is 0 Å². The lowest BCUT2D eigenvalue weighted by molar-refractivity contribution is -0.150. The molecule has 0 aromatic heterocycles. The number of carbonyl (C=O) groups is 1. The Morgan fingerprint density at radius 1 is 0.920 bits per heavy atom. The molecule has 25 heavy (non-hydrogen) atoms. The number of carbonyl (C=O) groups excluding carboxylic acids is 1. The summed E-state index contributed by atoms with van der Waals surface area (Å²) in [6, 6.07) is 3.76. The van der Waals surface area contributed by atoms with Crippen LogP contribution < -0.4 is 14.2 Å². The van der Waals surface area contributed by atoms with Crippen LogP contribution >= 0.6 is 0 Å². The van der Waals surface area contributed by atoms with Crippen LogP contribution in [-0.4, -0.2) is 33.4 Å². The van der Waals surface area contributed by atoms with Crippen molar-refractivity contribution in [3.05, 3.63) is 17.7 Å². The Balaban J connectivity index is 1.92. The number of benzene rings is 1. The maximum absolute atomic E-state index is 12.2. The summed E-state index contributed by atoms with van der Waals surface area (Å²) in [6.45, 7) is 0. The molecule has 0 spiro atoms. The molecule has 0 radical (unpaired) electrons. The van der Waals surface area contributed by atoms with Gasteiger partial charge in [-0.2, -0.15) is 0 Å². The highest BCUT2D eigenvalue weighted by atomic mass is 16.5. The number of aryl methyl sites for hydroxylation is 1. The smallest absolute Gasteiger partial charge is 0.306 e.